The number of aliphatic carboxylic acids is 1. The highest BCUT2D eigenvalue weighted by Gasteiger charge is 2.04. The molecular formula is C13H12FN3O2. The summed E-state index contributed by atoms with van der Waals surface area (Å²) >= 11 is 0. The molecule has 0 aliphatic carbocycles. The minimum absolute atomic E-state index is 0.000693. The van der Waals surface area contributed by atoms with Gasteiger partial charge in [0.15, 0.2) is 5.82 Å². The summed E-state index contributed by atoms with van der Waals surface area (Å²) in [5, 5.41) is 11.4. The van der Waals surface area contributed by atoms with Gasteiger partial charge in [0.1, 0.15) is 11.6 Å². The van der Waals surface area contributed by atoms with Gasteiger partial charge in [-0.05, 0) is 18.2 Å². The first-order valence-corrected chi connectivity index (χ1v) is 5.70. The van der Waals surface area contributed by atoms with Gasteiger partial charge in [-0.1, -0.05) is 12.1 Å². The SMILES string of the molecule is O=C(O)CCNc1ccnc(-c2cccc(F)c2)n1. The topological polar surface area (TPSA) is 75.1 Å². The summed E-state index contributed by atoms with van der Waals surface area (Å²) in [4.78, 5) is 18.7. The van der Waals surface area contributed by atoms with Crippen LogP contribution in [0.1, 0.15) is 6.42 Å². The lowest BCUT2D eigenvalue weighted by Gasteiger charge is -2.05. The highest BCUT2D eigenvalue weighted by Crippen LogP contribution is 2.17. The number of halogens is 1. The van der Waals surface area contributed by atoms with Crippen molar-refractivity contribution in [3.05, 3.63) is 42.3 Å². The van der Waals surface area contributed by atoms with E-state index in [4.69, 9.17) is 5.11 Å². The normalized spacial score (nSPS) is 10.2. The fraction of sp³-hybridized carbons (Fsp3) is 0.154. The van der Waals surface area contributed by atoms with Gasteiger partial charge in [0.05, 0.1) is 6.42 Å². The molecule has 0 fully saturated rings. The number of nitrogens with one attached hydrogen (secondary N) is 1. The van der Waals surface area contributed by atoms with Crippen LogP contribution >= 0.6 is 0 Å². The van der Waals surface area contributed by atoms with E-state index in [0.29, 0.717) is 17.2 Å². The molecule has 0 aliphatic heterocycles. The molecule has 0 radical (unpaired) electrons. The molecule has 6 heteroatoms. The predicted molar refractivity (Wildman–Crippen MR) is 68.2 cm³/mol. The Kier molecular flexibility index (Phi) is 4.02. The Balaban J connectivity index is 2.13. The van der Waals surface area contributed by atoms with Crippen molar-refractivity contribution in [2.45, 2.75) is 6.42 Å². The molecule has 5 nitrogen and oxygen atoms in total. The molecule has 0 saturated heterocycles. The lowest BCUT2D eigenvalue weighted by molar-refractivity contribution is -0.136. The van der Waals surface area contributed by atoms with E-state index in [2.05, 4.69) is 15.3 Å². The van der Waals surface area contributed by atoms with Crippen LogP contribution in [0.4, 0.5) is 10.2 Å². The van der Waals surface area contributed by atoms with Crippen molar-refractivity contribution in [3.63, 3.8) is 0 Å². The van der Waals surface area contributed by atoms with Gasteiger partial charge in [0.2, 0.25) is 0 Å². The van der Waals surface area contributed by atoms with Crippen LogP contribution in [0.25, 0.3) is 11.4 Å². The quantitative estimate of drug-likeness (QED) is 0.862. The molecule has 0 amide bonds. The van der Waals surface area contributed by atoms with Gasteiger partial charge in [-0.3, -0.25) is 4.79 Å². The summed E-state index contributed by atoms with van der Waals surface area (Å²) < 4.78 is 13.1. The Morgan fingerprint density at radius 2 is 2.21 bits per heavy atom. The fourth-order valence-corrected chi connectivity index (χ4v) is 1.52. The summed E-state index contributed by atoms with van der Waals surface area (Å²) in [6.07, 6.45) is 1.54. The van der Waals surface area contributed by atoms with Crippen molar-refractivity contribution in [1.82, 2.24) is 9.97 Å². The Bertz CT molecular complexity index is 590. The number of benzene rings is 1. The first kappa shape index (κ1) is 12.9. The lowest BCUT2D eigenvalue weighted by Crippen LogP contribution is -2.09. The van der Waals surface area contributed by atoms with Crippen molar-refractivity contribution in [2.75, 3.05) is 11.9 Å². The van der Waals surface area contributed by atoms with Crippen LogP contribution in [-0.4, -0.2) is 27.6 Å². The van der Waals surface area contributed by atoms with Crippen LogP contribution in [0.5, 0.6) is 0 Å². The monoisotopic (exact) mass is 261 g/mol. The molecule has 0 bridgehead atoms. The number of anilines is 1. The smallest absolute Gasteiger partial charge is 0.305 e. The van der Waals surface area contributed by atoms with E-state index >= 15 is 0 Å². The minimum Gasteiger partial charge on any atom is -0.481 e. The van der Waals surface area contributed by atoms with Crippen LogP contribution in [0, 0.1) is 5.82 Å². The van der Waals surface area contributed by atoms with E-state index in [1.54, 1.807) is 18.2 Å². The zero-order chi connectivity index (χ0) is 13.7. The molecule has 1 heterocycles. The molecule has 0 atom stereocenters. The molecule has 2 N–H and O–H groups in total. The van der Waals surface area contributed by atoms with E-state index in [9.17, 15) is 9.18 Å². The standard InChI is InChI=1S/C13H12FN3O2/c14-10-3-1-2-9(8-10)13-16-6-4-11(17-13)15-7-5-12(18)19/h1-4,6,8H,5,7H2,(H,18,19)(H,15,16,17). The zero-order valence-electron chi connectivity index (χ0n) is 10.0. The lowest BCUT2D eigenvalue weighted by atomic mass is 10.2. The second-order valence-electron chi connectivity index (χ2n) is 3.85. The number of carboxylic acids is 1. The molecule has 19 heavy (non-hydrogen) atoms. The van der Waals surface area contributed by atoms with E-state index in [0.717, 1.165) is 0 Å². The summed E-state index contributed by atoms with van der Waals surface area (Å²) in [5.41, 5.74) is 0.571. The van der Waals surface area contributed by atoms with Crippen LogP contribution in [-0.2, 0) is 4.79 Å². The average Bonchev–Trinajstić information content (AvgIpc) is 2.39. The molecule has 2 aromatic rings. The van der Waals surface area contributed by atoms with Gasteiger partial charge in [-0.15, -0.1) is 0 Å². The van der Waals surface area contributed by atoms with Gasteiger partial charge in [-0.25, -0.2) is 14.4 Å². The zero-order valence-corrected chi connectivity index (χ0v) is 10.0. The van der Waals surface area contributed by atoms with Gasteiger partial charge in [0.25, 0.3) is 0 Å². The van der Waals surface area contributed by atoms with Crippen molar-refractivity contribution in [2.24, 2.45) is 0 Å². The third-order valence-electron chi connectivity index (χ3n) is 2.38. The highest BCUT2D eigenvalue weighted by atomic mass is 19.1. The number of hydrogen-bond acceptors (Lipinski definition) is 4. The van der Waals surface area contributed by atoms with E-state index in [-0.39, 0.29) is 18.8 Å². The number of rotatable bonds is 5. The third-order valence-corrected chi connectivity index (χ3v) is 2.38. The number of carbonyl (C=O) groups is 1. The van der Waals surface area contributed by atoms with Crippen molar-refractivity contribution >= 4 is 11.8 Å². The molecular weight excluding hydrogens is 249 g/mol. The molecule has 98 valence electrons. The second kappa shape index (κ2) is 5.90. The summed E-state index contributed by atoms with van der Waals surface area (Å²) in [7, 11) is 0. The molecule has 0 unspecified atom stereocenters. The number of hydrogen-bond donors (Lipinski definition) is 2. The predicted octanol–water partition coefficient (Wildman–Crippen LogP) is 2.17. The highest BCUT2D eigenvalue weighted by molar-refractivity contribution is 5.67. The first-order valence-electron chi connectivity index (χ1n) is 5.70. The molecule has 0 saturated carbocycles. The van der Waals surface area contributed by atoms with Crippen molar-refractivity contribution in [1.29, 1.82) is 0 Å². The van der Waals surface area contributed by atoms with E-state index in [1.165, 1.54) is 18.3 Å². The van der Waals surface area contributed by atoms with Gasteiger partial charge >= 0.3 is 5.97 Å². The maximum atomic E-state index is 13.1. The Hall–Kier alpha value is -2.50. The second-order valence-corrected chi connectivity index (χ2v) is 3.85. The van der Waals surface area contributed by atoms with Gasteiger partial charge in [0, 0.05) is 18.3 Å². The molecule has 0 aliphatic rings. The minimum atomic E-state index is -0.882. The summed E-state index contributed by atoms with van der Waals surface area (Å²) in [5.74, 6) is -0.340. The Morgan fingerprint density at radius 1 is 1.37 bits per heavy atom. The van der Waals surface area contributed by atoms with Gasteiger partial charge in [-0.2, -0.15) is 0 Å². The van der Waals surface area contributed by atoms with Crippen molar-refractivity contribution in [3.8, 4) is 11.4 Å². The first-order chi connectivity index (χ1) is 9.15. The van der Waals surface area contributed by atoms with Crippen LogP contribution < -0.4 is 5.32 Å². The molecule has 1 aromatic carbocycles. The van der Waals surface area contributed by atoms with Crippen LogP contribution in [0.2, 0.25) is 0 Å². The average molecular weight is 261 g/mol. The summed E-state index contributed by atoms with van der Waals surface area (Å²) in [6, 6.07) is 7.61. The van der Waals surface area contributed by atoms with Gasteiger partial charge < -0.3 is 10.4 Å². The van der Waals surface area contributed by atoms with Crippen LogP contribution in [0.15, 0.2) is 36.5 Å². The number of aromatic nitrogens is 2. The third kappa shape index (κ3) is 3.74. The Morgan fingerprint density at radius 3 is 2.95 bits per heavy atom. The van der Waals surface area contributed by atoms with E-state index < -0.39 is 5.97 Å². The maximum Gasteiger partial charge on any atom is 0.305 e. The molecule has 1 aromatic heterocycles. The van der Waals surface area contributed by atoms with E-state index in [1.807, 2.05) is 0 Å². The fourth-order valence-electron chi connectivity index (χ4n) is 1.52. The largest absolute Gasteiger partial charge is 0.481 e. The molecule has 2 rings (SSSR count). The molecule has 0 spiro atoms. The maximum absolute atomic E-state index is 13.1. The number of nitrogens with zero attached hydrogens (tertiary/aromatic N) is 2. The number of carboxylic acid groups (broad SMARTS) is 1. The summed E-state index contributed by atoms with van der Waals surface area (Å²) in [6.45, 7) is 0.273. The Labute approximate surface area is 109 Å². The van der Waals surface area contributed by atoms with Crippen molar-refractivity contribution < 1.29 is 14.3 Å². The van der Waals surface area contributed by atoms with Crippen LogP contribution in [0.3, 0.4) is 0 Å².